The molecule has 1 saturated heterocycles. The van der Waals surface area contributed by atoms with Crippen molar-refractivity contribution in [2.45, 2.75) is 0 Å². The predicted molar refractivity (Wildman–Crippen MR) is 69.2 cm³/mol. The number of nitro benzene ring substituents is 1. The fourth-order valence-electron chi connectivity index (χ4n) is 1.84. The SMILES string of the molecule is COc1ccc(N2CCSCC2)cc1[N+](=O)[O-]. The van der Waals surface area contributed by atoms with Crippen LogP contribution in [0.2, 0.25) is 0 Å². The summed E-state index contributed by atoms with van der Waals surface area (Å²) in [5.74, 6) is 2.45. The lowest BCUT2D eigenvalue weighted by atomic mass is 10.2. The molecule has 1 aromatic rings. The Hall–Kier alpha value is -1.43. The highest BCUT2D eigenvalue weighted by Gasteiger charge is 2.18. The van der Waals surface area contributed by atoms with Crippen LogP contribution in [0.15, 0.2) is 18.2 Å². The summed E-state index contributed by atoms with van der Waals surface area (Å²) in [5, 5.41) is 10.9. The maximum atomic E-state index is 10.9. The van der Waals surface area contributed by atoms with Crippen LogP contribution in [-0.2, 0) is 0 Å². The van der Waals surface area contributed by atoms with Crippen molar-refractivity contribution in [2.75, 3.05) is 36.6 Å². The van der Waals surface area contributed by atoms with E-state index in [1.165, 1.54) is 7.11 Å². The van der Waals surface area contributed by atoms with Crippen molar-refractivity contribution in [2.24, 2.45) is 0 Å². The van der Waals surface area contributed by atoms with Gasteiger partial charge in [0.1, 0.15) is 0 Å². The quantitative estimate of drug-likeness (QED) is 0.611. The van der Waals surface area contributed by atoms with Gasteiger partial charge < -0.3 is 9.64 Å². The minimum atomic E-state index is -0.402. The summed E-state index contributed by atoms with van der Waals surface area (Å²) in [6.07, 6.45) is 0. The monoisotopic (exact) mass is 254 g/mol. The van der Waals surface area contributed by atoms with Gasteiger partial charge in [0.2, 0.25) is 0 Å². The molecular formula is C11H14N2O3S. The van der Waals surface area contributed by atoms with Crippen molar-refractivity contribution >= 4 is 23.1 Å². The van der Waals surface area contributed by atoms with Crippen molar-refractivity contribution < 1.29 is 9.66 Å². The number of ether oxygens (including phenoxy) is 1. The Labute approximate surface area is 104 Å². The third-order valence-corrected chi connectivity index (χ3v) is 3.68. The van der Waals surface area contributed by atoms with Crippen LogP contribution in [0.4, 0.5) is 11.4 Å². The topological polar surface area (TPSA) is 55.6 Å². The van der Waals surface area contributed by atoms with Crippen LogP contribution in [0.5, 0.6) is 5.75 Å². The van der Waals surface area contributed by atoms with Gasteiger partial charge in [0.05, 0.1) is 12.0 Å². The molecule has 6 heteroatoms. The van der Waals surface area contributed by atoms with Gasteiger partial charge >= 0.3 is 5.69 Å². The van der Waals surface area contributed by atoms with Gasteiger partial charge in [-0.3, -0.25) is 10.1 Å². The van der Waals surface area contributed by atoms with Gasteiger partial charge in [0.25, 0.3) is 0 Å². The van der Waals surface area contributed by atoms with E-state index in [0.29, 0.717) is 5.75 Å². The van der Waals surface area contributed by atoms with Crippen molar-refractivity contribution in [1.82, 2.24) is 0 Å². The second kappa shape index (κ2) is 5.27. The average Bonchev–Trinajstić information content (AvgIpc) is 2.39. The molecule has 1 aromatic carbocycles. The van der Waals surface area contributed by atoms with Crippen LogP contribution >= 0.6 is 11.8 Å². The minimum Gasteiger partial charge on any atom is -0.490 e. The zero-order chi connectivity index (χ0) is 12.3. The van der Waals surface area contributed by atoms with E-state index in [4.69, 9.17) is 4.74 Å². The van der Waals surface area contributed by atoms with Gasteiger partial charge in [0.15, 0.2) is 5.75 Å². The van der Waals surface area contributed by atoms with Gasteiger partial charge in [-0.15, -0.1) is 0 Å². The van der Waals surface area contributed by atoms with E-state index in [1.807, 2.05) is 17.8 Å². The highest BCUT2D eigenvalue weighted by atomic mass is 32.2. The summed E-state index contributed by atoms with van der Waals surface area (Å²) in [4.78, 5) is 12.7. The molecule has 1 fully saturated rings. The first kappa shape index (κ1) is 12.0. The molecule has 1 aliphatic heterocycles. The zero-order valence-electron chi connectivity index (χ0n) is 9.59. The molecule has 0 amide bonds. The van der Waals surface area contributed by atoms with Crippen LogP contribution in [0.25, 0.3) is 0 Å². The third-order valence-electron chi connectivity index (χ3n) is 2.74. The summed E-state index contributed by atoms with van der Waals surface area (Å²) in [7, 11) is 1.44. The molecule has 0 saturated carbocycles. The number of benzene rings is 1. The molecule has 92 valence electrons. The maximum Gasteiger partial charge on any atom is 0.312 e. The Balaban J connectivity index is 2.29. The molecule has 0 aliphatic carbocycles. The molecule has 5 nitrogen and oxygen atoms in total. The summed E-state index contributed by atoms with van der Waals surface area (Å²) < 4.78 is 4.98. The van der Waals surface area contributed by atoms with Crippen molar-refractivity contribution in [3.63, 3.8) is 0 Å². The molecule has 2 rings (SSSR count). The van der Waals surface area contributed by atoms with Crippen LogP contribution < -0.4 is 9.64 Å². The number of nitrogens with zero attached hydrogens (tertiary/aromatic N) is 2. The first-order valence-electron chi connectivity index (χ1n) is 5.37. The summed E-state index contributed by atoms with van der Waals surface area (Å²) in [5.41, 5.74) is 0.932. The Morgan fingerprint density at radius 1 is 1.41 bits per heavy atom. The fourth-order valence-corrected chi connectivity index (χ4v) is 2.74. The Bertz CT molecular complexity index is 419. The second-order valence-corrected chi connectivity index (χ2v) is 4.94. The lowest BCUT2D eigenvalue weighted by Gasteiger charge is -2.28. The Morgan fingerprint density at radius 3 is 2.71 bits per heavy atom. The predicted octanol–water partition coefficient (Wildman–Crippen LogP) is 2.16. The molecule has 0 spiro atoms. The molecule has 0 unspecified atom stereocenters. The van der Waals surface area contributed by atoms with E-state index >= 15 is 0 Å². The molecular weight excluding hydrogens is 240 g/mol. The normalized spacial score (nSPS) is 15.7. The van der Waals surface area contributed by atoms with Crippen LogP contribution in [0.1, 0.15) is 0 Å². The van der Waals surface area contributed by atoms with Gasteiger partial charge in [-0.05, 0) is 12.1 Å². The van der Waals surface area contributed by atoms with Crippen molar-refractivity contribution in [1.29, 1.82) is 0 Å². The fraction of sp³-hybridized carbons (Fsp3) is 0.455. The van der Waals surface area contributed by atoms with Crippen LogP contribution in [0.3, 0.4) is 0 Å². The second-order valence-electron chi connectivity index (χ2n) is 3.71. The van der Waals surface area contributed by atoms with Crippen molar-refractivity contribution in [3.05, 3.63) is 28.3 Å². The van der Waals surface area contributed by atoms with E-state index in [1.54, 1.807) is 12.1 Å². The summed E-state index contributed by atoms with van der Waals surface area (Å²) >= 11 is 1.91. The maximum absolute atomic E-state index is 10.9. The highest BCUT2D eigenvalue weighted by molar-refractivity contribution is 7.99. The van der Waals surface area contributed by atoms with Crippen molar-refractivity contribution in [3.8, 4) is 5.75 Å². The number of methoxy groups -OCH3 is 1. The molecule has 1 heterocycles. The van der Waals surface area contributed by atoms with E-state index in [-0.39, 0.29) is 5.69 Å². The Morgan fingerprint density at radius 2 is 2.12 bits per heavy atom. The number of rotatable bonds is 3. The van der Waals surface area contributed by atoms with Crippen LogP contribution in [0, 0.1) is 10.1 Å². The number of nitro groups is 1. The van der Waals surface area contributed by atoms with Gasteiger partial charge in [0, 0.05) is 36.3 Å². The standard InChI is InChI=1S/C11H14N2O3S/c1-16-11-3-2-9(8-10(11)13(14)15)12-4-6-17-7-5-12/h2-3,8H,4-7H2,1H3. The molecule has 1 aliphatic rings. The molecule has 17 heavy (non-hydrogen) atoms. The lowest BCUT2D eigenvalue weighted by Crippen LogP contribution is -2.32. The lowest BCUT2D eigenvalue weighted by molar-refractivity contribution is -0.385. The molecule has 0 atom stereocenters. The minimum absolute atomic E-state index is 0.0308. The van der Waals surface area contributed by atoms with E-state index < -0.39 is 4.92 Å². The number of hydrogen-bond donors (Lipinski definition) is 0. The number of hydrogen-bond acceptors (Lipinski definition) is 5. The molecule has 0 bridgehead atoms. The summed E-state index contributed by atoms with van der Waals surface area (Å²) in [6, 6.07) is 5.13. The first-order chi connectivity index (χ1) is 8.22. The largest absolute Gasteiger partial charge is 0.490 e. The smallest absolute Gasteiger partial charge is 0.312 e. The average molecular weight is 254 g/mol. The highest BCUT2D eigenvalue weighted by Crippen LogP contribution is 2.32. The van der Waals surface area contributed by atoms with E-state index in [2.05, 4.69) is 4.90 Å². The van der Waals surface area contributed by atoms with E-state index in [0.717, 1.165) is 30.3 Å². The molecule has 0 aromatic heterocycles. The Kier molecular flexibility index (Phi) is 3.73. The number of thioether (sulfide) groups is 1. The molecule has 0 radical (unpaired) electrons. The van der Waals surface area contributed by atoms with Gasteiger partial charge in [-0.2, -0.15) is 11.8 Å². The number of anilines is 1. The third kappa shape index (κ3) is 2.63. The van der Waals surface area contributed by atoms with Gasteiger partial charge in [-0.25, -0.2) is 0 Å². The summed E-state index contributed by atoms with van der Waals surface area (Å²) in [6.45, 7) is 1.88. The van der Waals surface area contributed by atoms with E-state index in [9.17, 15) is 10.1 Å². The van der Waals surface area contributed by atoms with Gasteiger partial charge in [-0.1, -0.05) is 0 Å². The zero-order valence-corrected chi connectivity index (χ0v) is 10.4. The van der Waals surface area contributed by atoms with Crippen LogP contribution in [-0.4, -0.2) is 36.6 Å². The molecule has 0 N–H and O–H groups in total. The first-order valence-corrected chi connectivity index (χ1v) is 6.53.